The molecule has 1 aliphatic carbocycles. The maximum Gasteiger partial charge on any atom is 0.307 e. The molecule has 76 valence electrons. The highest BCUT2D eigenvalue weighted by Gasteiger charge is 2.44. The van der Waals surface area contributed by atoms with Gasteiger partial charge >= 0.3 is 5.97 Å². The lowest BCUT2D eigenvalue weighted by Gasteiger charge is -2.00. The van der Waals surface area contributed by atoms with E-state index in [0.717, 1.165) is 22.9 Å². The summed E-state index contributed by atoms with van der Waals surface area (Å²) < 4.78 is 0. The minimum absolute atomic E-state index is 0.182. The summed E-state index contributed by atoms with van der Waals surface area (Å²) in [5.41, 5.74) is 2.23. The van der Waals surface area contributed by atoms with Crippen molar-refractivity contribution in [1.29, 1.82) is 0 Å². The molecule has 2 aromatic rings. The zero-order valence-corrected chi connectivity index (χ0v) is 8.10. The summed E-state index contributed by atoms with van der Waals surface area (Å²) in [7, 11) is 0. The molecule has 1 fully saturated rings. The second kappa shape index (κ2) is 2.86. The van der Waals surface area contributed by atoms with Crippen LogP contribution in [0.2, 0.25) is 0 Å². The molecule has 1 saturated carbocycles. The number of hydrogen-bond acceptors (Lipinski definition) is 1. The Kier molecular flexibility index (Phi) is 1.63. The largest absolute Gasteiger partial charge is 0.481 e. The molecule has 1 aromatic heterocycles. The molecule has 3 heteroatoms. The number of nitrogens with one attached hydrogen (secondary N) is 1. The summed E-state index contributed by atoms with van der Waals surface area (Å²) in [4.78, 5) is 14.0. The summed E-state index contributed by atoms with van der Waals surface area (Å²) in [6.07, 6.45) is 2.67. The number of para-hydroxylation sites is 1. The maximum atomic E-state index is 10.8. The molecule has 0 saturated heterocycles. The third kappa shape index (κ3) is 1.23. The summed E-state index contributed by atoms with van der Waals surface area (Å²) in [5.74, 6) is -0.660. The molecule has 3 rings (SSSR count). The van der Waals surface area contributed by atoms with E-state index in [4.69, 9.17) is 5.11 Å². The van der Waals surface area contributed by atoms with Crippen molar-refractivity contribution in [2.24, 2.45) is 5.92 Å². The molecule has 3 nitrogen and oxygen atoms in total. The second-order valence-electron chi connectivity index (χ2n) is 4.08. The quantitative estimate of drug-likeness (QED) is 0.783. The van der Waals surface area contributed by atoms with Crippen molar-refractivity contribution in [2.75, 3.05) is 0 Å². The zero-order valence-electron chi connectivity index (χ0n) is 8.10. The number of H-pyrrole nitrogens is 1. The van der Waals surface area contributed by atoms with Crippen molar-refractivity contribution >= 4 is 16.9 Å². The lowest BCUT2D eigenvalue weighted by atomic mass is 10.1. The van der Waals surface area contributed by atoms with E-state index in [1.807, 2.05) is 30.5 Å². The number of aliphatic carboxylic acids is 1. The first-order valence-electron chi connectivity index (χ1n) is 5.06. The molecule has 1 aromatic carbocycles. The number of fused-ring (bicyclic) bond motifs is 1. The van der Waals surface area contributed by atoms with Gasteiger partial charge in [0, 0.05) is 17.6 Å². The van der Waals surface area contributed by atoms with Gasteiger partial charge in [0.25, 0.3) is 0 Å². The van der Waals surface area contributed by atoms with E-state index in [1.165, 1.54) is 0 Å². The van der Waals surface area contributed by atoms with Gasteiger partial charge in [-0.3, -0.25) is 4.79 Å². The normalized spacial score (nSPS) is 24.3. The first kappa shape index (κ1) is 8.53. The van der Waals surface area contributed by atoms with Crippen molar-refractivity contribution in [3.63, 3.8) is 0 Å². The molecule has 2 N–H and O–H groups in total. The zero-order chi connectivity index (χ0) is 10.4. The van der Waals surface area contributed by atoms with Crippen LogP contribution in [0.25, 0.3) is 10.9 Å². The standard InChI is InChI=1S/C12H11NO2/c14-12(15)10-6-9(10)8-3-1-2-7-4-5-13-11(7)8/h1-5,9-10,13H,6H2,(H,14,15)/t9-,10?/m0/s1. The Bertz CT molecular complexity index is 529. The average Bonchev–Trinajstić information content (AvgIpc) is 2.87. The number of benzene rings is 1. The Balaban J connectivity index is 2.05. The average molecular weight is 201 g/mol. The molecular weight excluding hydrogens is 190 g/mol. The van der Waals surface area contributed by atoms with E-state index in [0.29, 0.717) is 0 Å². The predicted molar refractivity (Wildman–Crippen MR) is 56.8 cm³/mol. The summed E-state index contributed by atoms with van der Waals surface area (Å²) in [6, 6.07) is 8.06. The van der Waals surface area contributed by atoms with Crippen molar-refractivity contribution in [3.05, 3.63) is 36.0 Å². The van der Waals surface area contributed by atoms with Gasteiger partial charge in [0.05, 0.1) is 5.92 Å². The molecule has 0 bridgehead atoms. The lowest BCUT2D eigenvalue weighted by molar-refractivity contribution is -0.138. The van der Waals surface area contributed by atoms with Crippen LogP contribution in [0.15, 0.2) is 30.5 Å². The van der Waals surface area contributed by atoms with Crippen molar-refractivity contribution in [3.8, 4) is 0 Å². The highest BCUT2D eigenvalue weighted by atomic mass is 16.4. The second-order valence-corrected chi connectivity index (χ2v) is 4.08. The van der Waals surface area contributed by atoms with Gasteiger partial charge in [0.15, 0.2) is 0 Å². The lowest BCUT2D eigenvalue weighted by Crippen LogP contribution is -1.99. The van der Waals surface area contributed by atoms with Crippen LogP contribution in [0, 0.1) is 5.92 Å². The highest BCUT2D eigenvalue weighted by Crippen LogP contribution is 2.49. The Labute approximate surface area is 86.7 Å². The first-order chi connectivity index (χ1) is 7.27. The van der Waals surface area contributed by atoms with E-state index >= 15 is 0 Å². The molecule has 0 amide bonds. The first-order valence-corrected chi connectivity index (χ1v) is 5.06. The van der Waals surface area contributed by atoms with Crippen LogP contribution >= 0.6 is 0 Å². The number of aromatic nitrogens is 1. The van der Waals surface area contributed by atoms with Crippen molar-refractivity contribution < 1.29 is 9.90 Å². The van der Waals surface area contributed by atoms with Gasteiger partial charge in [0.1, 0.15) is 0 Å². The van der Waals surface area contributed by atoms with E-state index in [2.05, 4.69) is 4.98 Å². The van der Waals surface area contributed by atoms with Crippen LogP contribution in [0.5, 0.6) is 0 Å². The van der Waals surface area contributed by atoms with Crippen LogP contribution in [0.3, 0.4) is 0 Å². The molecule has 1 aliphatic rings. The summed E-state index contributed by atoms with van der Waals surface area (Å²) >= 11 is 0. The fourth-order valence-corrected chi connectivity index (χ4v) is 2.23. The third-order valence-corrected chi connectivity index (χ3v) is 3.13. The van der Waals surface area contributed by atoms with Crippen LogP contribution in [0.4, 0.5) is 0 Å². The minimum Gasteiger partial charge on any atom is -0.481 e. The van der Waals surface area contributed by atoms with Crippen LogP contribution in [-0.4, -0.2) is 16.1 Å². The molecular formula is C12H11NO2. The molecule has 1 heterocycles. The third-order valence-electron chi connectivity index (χ3n) is 3.13. The number of rotatable bonds is 2. The molecule has 15 heavy (non-hydrogen) atoms. The SMILES string of the molecule is O=C(O)C1C[C@H]1c1cccc2cc[nH]c12. The smallest absolute Gasteiger partial charge is 0.307 e. The van der Waals surface area contributed by atoms with Gasteiger partial charge in [0.2, 0.25) is 0 Å². The number of aromatic amines is 1. The number of carboxylic acids is 1. The van der Waals surface area contributed by atoms with E-state index < -0.39 is 5.97 Å². The topological polar surface area (TPSA) is 53.1 Å². The van der Waals surface area contributed by atoms with Crippen LogP contribution < -0.4 is 0 Å². The number of carboxylic acid groups (broad SMARTS) is 1. The molecule has 0 radical (unpaired) electrons. The van der Waals surface area contributed by atoms with E-state index in [9.17, 15) is 4.79 Å². The van der Waals surface area contributed by atoms with Crippen LogP contribution in [-0.2, 0) is 4.79 Å². The van der Waals surface area contributed by atoms with Gasteiger partial charge in [-0.15, -0.1) is 0 Å². The van der Waals surface area contributed by atoms with Crippen LogP contribution in [0.1, 0.15) is 17.9 Å². The molecule has 0 aliphatic heterocycles. The van der Waals surface area contributed by atoms with Crippen molar-refractivity contribution in [1.82, 2.24) is 4.98 Å². The van der Waals surface area contributed by atoms with Gasteiger partial charge in [-0.1, -0.05) is 18.2 Å². The molecule has 0 spiro atoms. The Hall–Kier alpha value is -1.77. The Morgan fingerprint density at radius 2 is 2.27 bits per heavy atom. The van der Waals surface area contributed by atoms with Gasteiger partial charge in [-0.25, -0.2) is 0 Å². The Morgan fingerprint density at radius 1 is 1.40 bits per heavy atom. The van der Waals surface area contributed by atoms with E-state index in [1.54, 1.807) is 0 Å². The Morgan fingerprint density at radius 3 is 3.00 bits per heavy atom. The highest BCUT2D eigenvalue weighted by molar-refractivity contribution is 5.85. The molecule has 1 unspecified atom stereocenters. The van der Waals surface area contributed by atoms with Gasteiger partial charge < -0.3 is 10.1 Å². The number of hydrogen-bond donors (Lipinski definition) is 2. The summed E-state index contributed by atoms with van der Waals surface area (Å²) in [5, 5.41) is 10.1. The van der Waals surface area contributed by atoms with Gasteiger partial charge in [-0.2, -0.15) is 0 Å². The number of carbonyl (C=O) groups is 1. The fourth-order valence-electron chi connectivity index (χ4n) is 2.23. The summed E-state index contributed by atoms with van der Waals surface area (Å²) in [6.45, 7) is 0. The van der Waals surface area contributed by atoms with E-state index in [-0.39, 0.29) is 11.8 Å². The monoisotopic (exact) mass is 201 g/mol. The van der Waals surface area contributed by atoms with Gasteiger partial charge in [-0.05, 0) is 23.4 Å². The maximum absolute atomic E-state index is 10.8. The predicted octanol–water partition coefficient (Wildman–Crippen LogP) is 2.36. The fraction of sp³-hybridized carbons (Fsp3) is 0.250. The van der Waals surface area contributed by atoms with Crippen molar-refractivity contribution in [2.45, 2.75) is 12.3 Å². The molecule has 2 atom stereocenters. The minimum atomic E-state index is -0.677.